The number of hydrogen-bond donors (Lipinski definition) is 2. The van der Waals surface area contributed by atoms with Crippen molar-refractivity contribution in [3.63, 3.8) is 0 Å². The van der Waals surface area contributed by atoms with Gasteiger partial charge in [0.1, 0.15) is 6.21 Å². The van der Waals surface area contributed by atoms with Crippen molar-refractivity contribution in [2.45, 2.75) is 13.8 Å². The third-order valence-electron chi connectivity index (χ3n) is 2.89. The van der Waals surface area contributed by atoms with Crippen molar-refractivity contribution in [3.8, 4) is 0 Å². The van der Waals surface area contributed by atoms with Gasteiger partial charge in [-0.15, -0.1) is 0 Å². The van der Waals surface area contributed by atoms with Crippen molar-refractivity contribution in [1.29, 1.82) is 0 Å². The van der Waals surface area contributed by atoms with Crippen LogP contribution in [0, 0.1) is 13.8 Å². The Kier molecular flexibility index (Phi) is 5.46. The summed E-state index contributed by atoms with van der Waals surface area (Å²) >= 11 is 0. The highest BCUT2D eigenvalue weighted by Crippen LogP contribution is 2.09. The van der Waals surface area contributed by atoms with Gasteiger partial charge in [-0.25, -0.2) is 4.79 Å². The fourth-order valence-corrected chi connectivity index (χ4v) is 1.80. The van der Waals surface area contributed by atoms with Gasteiger partial charge in [-0.3, -0.25) is 14.9 Å². The monoisotopic (exact) mass is 311 g/mol. The lowest BCUT2D eigenvalue weighted by Crippen LogP contribution is -2.15. The van der Waals surface area contributed by atoms with Crippen LogP contribution in [0.15, 0.2) is 53.7 Å². The number of nitrogens with zero attached hydrogens (tertiary/aromatic N) is 1. The molecule has 0 atom stereocenters. The van der Waals surface area contributed by atoms with Crippen LogP contribution in [0.1, 0.15) is 11.1 Å². The molecule has 0 aliphatic rings. The maximum Gasteiger partial charge on any atom is 0.437 e. The zero-order valence-electron chi connectivity index (χ0n) is 12.9. The summed E-state index contributed by atoms with van der Waals surface area (Å²) in [6.45, 7) is 3.86. The highest BCUT2D eigenvalue weighted by molar-refractivity contribution is 6.31. The number of anilines is 2. The summed E-state index contributed by atoms with van der Waals surface area (Å²) in [5.74, 6) is -0.487. The number of amides is 2. The Bertz CT molecular complexity index is 724. The van der Waals surface area contributed by atoms with Gasteiger partial charge in [-0.05, 0) is 43.7 Å². The first-order chi connectivity index (χ1) is 11.0. The van der Waals surface area contributed by atoms with Crippen molar-refractivity contribution >= 4 is 29.6 Å². The van der Waals surface area contributed by atoms with Crippen molar-refractivity contribution in [3.05, 3.63) is 59.7 Å². The van der Waals surface area contributed by atoms with Gasteiger partial charge in [0.25, 0.3) is 5.91 Å². The topological polar surface area (TPSA) is 79.8 Å². The minimum absolute atomic E-state index is 0.487. The number of aryl methyl sites for hydroxylation is 2. The van der Waals surface area contributed by atoms with E-state index in [0.29, 0.717) is 11.4 Å². The lowest BCUT2D eigenvalue weighted by atomic mass is 10.2. The number of oxime groups is 1. The van der Waals surface area contributed by atoms with E-state index in [1.54, 1.807) is 18.2 Å². The predicted molar refractivity (Wildman–Crippen MR) is 89.6 cm³/mol. The Balaban J connectivity index is 1.80. The second-order valence-electron chi connectivity index (χ2n) is 4.96. The Morgan fingerprint density at radius 2 is 1.70 bits per heavy atom. The van der Waals surface area contributed by atoms with E-state index in [2.05, 4.69) is 20.6 Å². The summed E-state index contributed by atoms with van der Waals surface area (Å²) < 4.78 is 0. The lowest BCUT2D eigenvalue weighted by molar-refractivity contribution is -0.110. The SMILES string of the molecule is Cc1ccc(NC(=O)ON=CC(=O)Nc2cccc(C)c2)cc1. The number of carbonyl (C=O) groups is 2. The van der Waals surface area contributed by atoms with Crippen LogP contribution in [-0.2, 0) is 9.63 Å². The third-order valence-corrected chi connectivity index (χ3v) is 2.89. The molecule has 0 bridgehead atoms. The maximum absolute atomic E-state index is 11.6. The standard InChI is InChI=1S/C17H17N3O3/c1-12-6-8-14(9-7-12)20-17(22)23-18-11-16(21)19-15-5-3-4-13(2)10-15/h3-11H,1-2H3,(H,19,21)(H,20,22). The Morgan fingerprint density at radius 3 is 2.39 bits per heavy atom. The van der Waals surface area contributed by atoms with E-state index >= 15 is 0 Å². The largest absolute Gasteiger partial charge is 0.437 e. The van der Waals surface area contributed by atoms with Crippen LogP contribution in [0.5, 0.6) is 0 Å². The van der Waals surface area contributed by atoms with Gasteiger partial charge in [0.2, 0.25) is 0 Å². The highest BCUT2D eigenvalue weighted by atomic mass is 16.7. The second kappa shape index (κ2) is 7.74. The Morgan fingerprint density at radius 1 is 0.957 bits per heavy atom. The molecule has 2 rings (SSSR count). The van der Waals surface area contributed by atoms with Crippen molar-refractivity contribution in [2.24, 2.45) is 5.16 Å². The van der Waals surface area contributed by atoms with Crippen LogP contribution in [0.3, 0.4) is 0 Å². The van der Waals surface area contributed by atoms with Gasteiger partial charge in [-0.2, -0.15) is 0 Å². The van der Waals surface area contributed by atoms with E-state index < -0.39 is 12.0 Å². The molecule has 0 heterocycles. The molecule has 0 unspecified atom stereocenters. The number of hydrogen-bond acceptors (Lipinski definition) is 4. The maximum atomic E-state index is 11.6. The zero-order chi connectivity index (χ0) is 16.7. The van der Waals surface area contributed by atoms with E-state index in [9.17, 15) is 9.59 Å². The minimum atomic E-state index is -0.770. The summed E-state index contributed by atoms with van der Waals surface area (Å²) in [5, 5.41) is 8.46. The molecule has 0 fully saturated rings. The normalized spacial score (nSPS) is 10.3. The van der Waals surface area contributed by atoms with E-state index in [0.717, 1.165) is 17.3 Å². The van der Waals surface area contributed by atoms with Crippen LogP contribution >= 0.6 is 0 Å². The summed E-state index contributed by atoms with van der Waals surface area (Å²) in [6.07, 6.45) is 0.130. The molecule has 2 aromatic carbocycles. The fraction of sp³-hybridized carbons (Fsp3) is 0.118. The molecule has 6 heteroatoms. The van der Waals surface area contributed by atoms with Gasteiger partial charge >= 0.3 is 6.09 Å². The van der Waals surface area contributed by atoms with E-state index in [-0.39, 0.29) is 0 Å². The Labute approximate surface area is 134 Å². The smallest absolute Gasteiger partial charge is 0.321 e. The molecule has 0 aromatic heterocycles. The molecule has 118 valence electrons. The van der Waals surface area contributed by atoms with Crippen LogP contribution in [0.4, 0.5) is 16.2 Å². The third kappa shape index (κ3) is 5.62. The van der Waals surface area contributed by atoms with Gasteiger partial charge in [0, 0.05) is 11.4 Å². The molecule has 6 nitrogen and oxygen atoms in total. The molecule has 2 N–H and O–H groups in total. The van der Waals surface area contributed by atoms with E-state index in [4.69, 9.17) is 0 Å². The lowest BCUT2D eigenvalue weighted by Gasteiger charge is -2.03. The summed E-state index contributed by atoms with van der Waals surface area (Å²) in [7, 11) is 0. The minimum Gasteiger partial charge on any atom is -0.321 e. The van der Waals surface area contributed by atoms with Crippen molar-refractivity contribution in [2.75, 3.05) is 10.6 Å². The molecule has 0 saturated heterocycles. The van der Waals surface area contributed by atoms with Gasteiger partial charge < -0.3 is 5.32 Å². The van der Waals surface area contributed by atoms with E-state index in [1.165, 1.54) is 0 Å². The Hall–Kier alpha value is -3.15. The van der Waals surface area contributed by atoms with Crippen molar-refractivity contribution < 1.29 is 14.4 Å². The second-order valence-corrected chi connectivity index (χ2v) is 4.96. The molecule has 2 amide bonds. The first kappa shape index (κ1) is 16.2. The number of nitrogens with one attached hydrogen (secondary N) is 2. The number of rotatable bonds is 4. The molecule has 0 spiro atoms. The molecular weight excluding hydrogens is 294 g/mol. The van der Waals surface area contributed by atoms with Crippen LogP contribution in [0.25, 0.3) is 0 Å². The molecule has 23 heavy (non-hydrogen) atoms. The average molecular weight is 311 g/mol. The summed E-state index contributed by atoms with van der Waals surface area (Å²) in [6, 6.07) is 14.5. The van der Waals surface area contributed by atoms with E-state index in [1.807, 2.05) is 44.2 Å². The highest BCUT2D eigenvalue weighted by Gasteiger charge is 2.03. The first-order valence-electron chi connectivity index (χ1n) is 6.98. The summed E-state index contributed by atoms with van der Waals surface area (Å²) in [4.78, 5) is 27.7. The van der Waals surface area contributed by atoms with Gasteiger partial charge in [0.15, 0.2) is 0 Å². The fourth-order valence-electron chi connectivity index (χ4n) is 1.80. The molecule has 0 radical (unpaired) electrons. The van der Waals surface area contributed by atoms with Crippen LogP contribution < -0.4 is 10.6 Å². The number of benzene rings is 2. The summed E-state index contributed by atoms with van der Waals surface area (Å²) in [5.41, 5.74) is 3.33. The van der Waals surface area contributed by atoms with Crippen molar-refractivity contribution in [1.82, 2.24) is 0 Å². The van der Waals surface area contributed by atoms with Gasteiger partial charge in [-0.1, -0.05) is 35.0 Å². The first-order valence-corrected chi connectivity index (χ1v) is 6.98. The zero-order valence-corrected chi connectivity index (χ0v) is 12.9. The molecule has 0 aliphatic heterocycles. The molecule has 0 aliphatic carbocycles. The molecular formula is C17H17N3O3. The average Bonchev–Trinajstić information content (AvgIpc) is 2.49. The molecule has 2 aromatic rings. The van der Waals surface area contributed by atoms with Crippen LogP contribution in [-0.4, -0.2) is 18.2 Å². The molecule has 0 saturated carbocycles. The van der Waals surface area contributed by atoms with Gasteiger partial charge in [0.05, 0.1) is 0 Å². The van der Waals surface area contributed by atoms with Crippen LogP contribution in [0.2, 0.25) is 0 Å². The number of carbonyl (C=O) groups excluding carboxylic acids is 2. The quantitative estimate of drug-likeness (QED) is 0.515. The predicted octanol–water partition coefficient (Wildman–Crippen LogP) is 3.48.